The van der Waals surface area contributed by atoms with Gasteiger partial charge in [0.25, 0.3) is 5.55 Å². The van der Waals surface area contributed by atoms with Crippen LogP contribution in [0.15, 0.2) is 4.99 Å². The summed E-state index contributed by atoms with van der Waals surface area (Å²) in [5, 5.41) is 0. The molecule has 0 aliphatic carbocycles. The molecule has 0 aromatic heterocycles. The average Bonchev–Trinajstić information content (AvgIpc) is 1.86. The first-order valence-corrected chi connectivity index (χ1v) is 2.12. The molecule has 0 saturated heterocycles. The van der Waals surface area contributed by atoms with Crippen molar-refractivity contribution in [3.8, 4) is 0 Å². The number of hydrogen-bond acceptors (Lipinski definition) is 4. The fourth-order valence-corrected chi connectivity index (χ4v) is 0.464. The molecule has 0 amide bonds. The second kappa shape index (κ2) is 1.30. The molecule has 0 saturated carbocycles. The molecule has 6 heavy (non-hydrogen) atoms. The predicted molar refractivity (Wildman–Crippen MR) is 26.4 cm³/mol. The van der Waals surface area contributed by atoms with Crippen molar-refractivity contribution >= 4 is 23.5 Å². The lowest BCUT2D eigenvalue weighted by Gasteiger charge is -1.55. The molecule has 2 radical (unpaired) electrons. The molecular formula is C2H2N3S+. The molecule has 4 heteroatoms. The Bertz CT molecular complexity index is 103. The summed E-state index contributed by atoms with van der Waals surface area (Å²) >= 11 is 1.13. The van der Waals surface area contributed by atoms with Crippen molar-refractivity contribution in [1.82, 2.24) is 4.40 Å². The maximum Gasteiger partial charge on any atom is 0.433 e. The van der Waals surface area contributed by atoms with Crippen LogP contribution in [0.2, 0.25) is 0 Å². The lowest BCUT2D eigenvalue weighted by atomic mass is 11.1. The summed E-state index contributed by atoms with van der Waals surface area (Å²) in [7, 11) is 0. The first kappa shape index (κ1) is 3.67. The van der Waals surface area contributed by atoms with E-state index in [4.69, 9.17) is 5.73 Å². The highest BCUT2D eigenvalue weighted by Gasteiger charge is 2.05. The maximum atomic E-state index is 5.03. The van der Waals surface area contributed by atoms with Crippen LogP contribution in [0.5, 0.6) is 0 Å². The Labute approximate surface area is 39.5 Å². The fraction of sp³-hybridized carbons (Fsp3) is 0. The van der Waals surface area contributed by atoms with Gasteiger partial charge >= 0.3 is 5.96 Å². The molecule has 1 aliphatic rings. The van der Waals surface area contributed by atoms with Crippen LogP contribution in [-0.2, 0) is 0 Å². The van der Waals surface area contributed by atoms with Gasteiger partial charge in [-0.1, -0.05) is 4.99 Å². The summed E-state index contributed by atoms with van der Waals surface area (Å²) in [5.41, 5.74) is 7.52. The number of nitrogens with two attached hydrogens (primary N) is 1. The number of rotatable bonds is 0. The Morgan fingerprint density at radius 3 is 3.00 bits per heavy atom. The van der Waals surface area contributed by atoms with Crippen molar-refractivity contribution in [1.29, 1.82) is 0 Å². The van der Waals surface area contributed by atoms with E-state index in [0.717, 1.165) is 11.9 Å². The second-order valence-corrected chi connectivity index (χ2v) is 1.29. The third-order valence-corrected chi connectivity index (χ3v) is 0.791. The minimum Gasteiger partial charge on any atom is -0.284 e. The Morgan fingerprint density at radius 1 is 2.00 bits per heavy atom. The van der Waals surface area contributed by atoms with Gasteiger partial charge in [-0.25, -0.2) is 0 Å². The van der Waals surface area contributed by atoms with E-state index in [0.29, 0.717) is 5.96 Å². The summed E-state index contributed by atoms with van der Waals surface area (Å²) in [6.45, 7) is 0. The van der Waals surface area contributed by atoms with Gasteiger partial charge in [0.2, 0.25) is 0 Å². The van der Waals surface area contributed by atoms with Crippen LogP contribution < -0.4 is 10.1 Å². The average molecular weight is 100 g/mol. The Morgan fingerprint density at radius 2 is 2.83 bits per heavy atom. The van der Waals surface area contributed by atoms with Gasteiger partial charge < -0.3 is 0 Å². The topological polar surface area (TPSA) is 52.5 Å². The van der Waals surface area contributed by atoms with Crippen molar-refractivity contribution in [3.63, 3.8) is 0 Å². The van der Waals surface area contributed by atoms with Crippen LogP contribution in [0.4, 0.5) is 0 Å². The lowest BCUT2D eigenvalue weighted by molar-refractivity contribution is 1.49. The number of guanidine groups is 1. The zero-order chi connectivity index (χ0) is 4.41. The number of hydrogen-bond donors (Lipinski definition) is 1. The van der Waals surface area contributed by atoms with Crippen LogP contribution in [0.3, 0.4) is 0 Å². The Hall–Kier alpha value is -0.510. The highest BCUT2D eigenvalue weighted by molar-refractivity contribution is 8.10. The molecule has 0 bridgehead atoms. The normalized spacial score (nSPS) is 18.3. The molecule has 2 N–H and O–H groups in total. The molecule has 1 aliphatic heterocycles. The molecule has 30 valence electrons. The quantitative estimate of drug-likeness (QED) is 0.405. The van der Waals surface area contributed by atoms with Gasteiger partial charge in [0.15, 0.2) is 0 Å². The zero-order valence-corrected chi connectivity index (χ0v) is 3.70. The van der Waals surface area contributed by atoms with E-state index in [1.165, 1.54) is 0 Å². The zero-order valence-electron chi connectivity index (χ0n) is 2.88. The van der Waals surface area contributed by atoms with E-state index in [1.807, 2.05) is 0 Å². The van der Waals surface area contributed by atoms with Gasteiger partial charge in [0.05, 0.1) is 0 Å². The number of nitrogens with zero attached hydrogens (tertiary/aromatic N) is 2. The largest absolute Gasteiger partial charge is 0.433 e. The highest BCUT2D eigenvalue weighted by Crippen LogP contribution is 1.89. The SMILES string of the molecule is NC1=[N+]S[C]=N1. The summed E-state index contributed by atoms with van der Waals surface area (Å²) in [6.07, 6.45) is 0. The number of aliphatic imine (C=N–C) groups is 1. The third kappa shape index (κ3) is 0.514. The molecular weight excluding hydrogens is 98.1 g/mol. The van der Waals surface area contributed by atoms with Crippen LogP contribution in [0.1, 0.15) is 0 Å². The van der Waals surface area contributed by atoms with Crippen molar-refractivity contribution < 1.29 is 0 Å². The maximum absolute atomic E-state index is 5.03. The first-order valence-electron chi connectivity index (χ1n) is 1.35. The molecule has 3 nitrogen and oxygen atoms in total. The molecule has 1 rings (SSSR count). The molecule has 0 aromatic rings. The van der Waals surface area contributed by atoms with E-state index in [-0.39, 0.29) is 0 Å². The van der Waals surface area contributed by atoms with Crippen molar-refractivity contribution in [2.45, 2.75) is 0 Å². The van der Waals surface area contributed by atoms with Gasteiger partial charge in [-0.3, -0.25) is 5.73 Å². The van der Waals surface area contributed by atoms with E-state index in [2.05, 4.69) is 14.9 Å². The molecule has 0 atom stereocenters. The van der Waals surface area contributed by atoms with E-state index in [1.54, 1.807) is 0 Å². The van der Waals surface area contributed by atoms with Crippen LogP contribution in [-0.4, -0.2) is 11.5 Å². The minimum absolute atomic E-state index is 0.306. The standard InChI is InChI=1S/C2H2N3S/c3-2-4-1-6-5-2/h3H2/q+1. The second-order valence-electron chi connectivity index (χ2n) is 0.744. The highest BCUT2D eigenvalue weighted by atomic mass is 32.2. The summed E-state index contributed by atoms with van der Waals surface area (Å²) in [4.78, 5) is 3.48. The van der Waals surface area contributed by atoms with Crippen molar-refractivity contribution in [3.05, 3.63) is 0 Å². The van der Waals surface area contributed by atoms with Crippen LogP contribution in [0.25, 0.3) is 0 Å². The smallest absolute Gasteiger partial charge is 0.284 e. The summed E-state index contributed by atoms with van der Waals surface area (Å²) < 4.78 is 3.57. The fourth-order valence-electron chi connectivity index (χ4n) is 0.155. The monoisotopic (exact) mass is 100.0 g/mol. The van der Waals surface area contributed by atoms with E-state index >= 15 is 0 Å². The molecule has 0 unspecified atom stereocenters. The first-order chi connectivity index (χ1) is 2.89. The lowest BCUT2D eigenvalue weighted by Crippen LogP contribution is -2.08. The minimum atomic E-state index is 0.306. The van der Waals surface area contributed by atoms with E-state index in [9.17, 15) is 0 Å². The van der Waals surface area contributed by atoms with E-state index < -0.39 is 0 Å². The Balaban J connectivity index is 2.68. The summed E-state index contributed by atoms with van der Waals surface area (Å²) in [6, 6.07) is 0. The summed E-state index contributed by atoms with van der Waals surface area (Å²) in [5.74, 6) is 0.306. The van der Waals surface area contributed by atoms with Crippen LogP contribution in [0, 0.1) is 0 Å². The molecule has 0 fully saturated rings. The Kier molecular flexibility index (Phi) is 0.795. The van der Waals surface area contributed by atoms with Crippen molar-refractivity contribution in [2.24, 2.45) is 10.7 Å². The van der Waals surface area contributed by atoms with Gasteiger partial charge in [-0.05, 0) is 4.40 Å². The van der Waals surface area contributed by atoms with Gasteiger partial charge in [-0.15, -0.1) is 0 Å². The van der Waals surface area contributed by atoms with Gasteiger partial charge in [0.1, 0.15) is 11.9 Å². The molecule has 0 aromatic carbocycles. The van der Waals surface area contributed by atoms with Crippen molar-refractivity contribution in [2.75, 3.05) is 0 Å². The van der Waals surface area contributed by atoms with Gasteiger partial charge in [0, 0.05) is 0 Å². The predicted octanol–water partition coefficient (Wildman–Crippen LogP) is -0.796. The van der Waals surface area contributed by atoms with Crippen LogP contribution >= 0.6 is 11.9 Å². The third-order valence-electron chi connectivity index (χ3n) is 0.340. The molecule has 1 heterocycles. The molecule has 0 spiro atoms. The van der Waals surface area contributed by atoms with Gasteiger partial charge in [-0.2, -0.15) is 0 Å².